The van der Waals surface area contributed by atoms with Crippen molar-refractivity contribution in [2.75, 3.05) is 26.4 Å². The number of rotatable bonds is 21. The molecule has 2 aliphatic heterocycles. The number of aryl methyl sites for hydroxylation is 2. The van der Waals surface area contributed by atoms with Gasteiger partial charge in [0.25, 0.3) is 5.69 Å². The number of amides is 1. The van der Waals surface area contributed by atoms with Gasteiger partial charge in [0.15, 0.2) is 0 Å². The number of ether oxygens (including phenoxy) is 4. The van der Waals surface area contributed by atoms with Gasteiger partial charge in [0.1, 0.15) is 23.3 Å². The minimum atomic E-state index is -1.53. The summed E-state index contributed by atoms with van der Waals surface area (Å²) in [6, 6.07) is 31.5. The first-order valence-corrected chi connectivity index (χ1v) is 25.9. The fourth-order valence-corrected chi connectivity index (χ4v) is 11.5. The molecule has 2 heterocycles. The average molecular weight is 990 g/mol. The van der Waals surface area contributed by atoms with Gasteiger partial charge in [-0.3, -0.25) is 14.9 Å². The molecule has 0 radical (unpaired) electrons. The highest BCUT2D eigenvalue weighted by Gasteiger charge is 2.65. The Morgan fingerprint density at radius 2 is 1.68 bits per heavy atom. The number of non-ortho nitro benzene ring substituents is 1. The zero-order valence-corrected chi connectivity index (χ0v) is 41.9. The highest BCUT2D eigenvalue weighted by Crippen LogP contribution is 2.62. The Morgan fingerprint density at radius 3 is 2.44 bits per heavy atom. The van der Waals surface area contributed by atoms with E-state index in [1.54, 1.807) is 24.3 Å². The molecule has 0 spiro atoms. The summed E-state index contributed by atoms with van der Waals surface area (Å²) < 4.78 is 27.6. The molecule has 5 aromatic rings. The number of benzene rings is 5. The van der Waals surface area contributed by atoms with E-state index >= 15 is 4.79 Å². The van der Waals surface area contributed by atoms with Crippen LogP contribution in [-0.4, -0.2) is 76.2 Å². The maximum atomic E-state index is 15.6. The second kappa shape index (κ2) is 23.5. The first-order valence-electron chi connectivity index (χ1n) is 25.9. The van der Waals surface area contributed by atoms with E-state index in [-0.39, 0.29) is 62.1 Å². The zero-order valence-electron chi connectivity index (χ0n) is 41.9. The van der Waals surface area contributed by atoms with E-state index in [2.05, 4.69) is 56.8 Å². The predicted molar refractivity (Wildman–Crippen MR) is 282 cm³/mol. The number of aliphatic hydroxyl groups is 2. The summed E-state index contributed by atoms with van der Waals surface area (Å²) >= 11 is 0. The fourth-order valence-electron chi connectivity index (χ4n) is 11.5. The van der Waals surface area contributed by atoms with Crippen LogP contribution < -0.4 is 9.47 Å². The van der Waals surface area contributed by atoms with E-state index in [0.717, 1.165) is 71.6 Å². The SMILES string of the molecule is C=CCOC12Oc3ccc(Oc4ccc(C)c(C)c4)cc3C3C(CCCCO)C(CCCCO)C=C(C(=NOC4CCCCO4)CC1N(Cc1cccc4ccccc14)C(=O)C=Cc1ccc([N+](=O)[O-])cc1)C32. The molecule has 382 valence electrons. The maximum Gasteiger partial charge on any atom is 0.269 e. The minimum absolute atomic E-state index is 0.00272. The Kier molecular flexibility index (Phi) is 16.5. The van der Waals surface area contributed by atoms with Crippen LogP contribution in [0, 0.1) is 41.7 Å². The molecule has 0 aromatic heterocycles. The number of fused-ring (bicyclic) bond motifs is 3. The molecule has 0 bridgehead atoms. The Hall–Kier alpha value is -6.64. The van der Waals surface area contributed by atoms with Gasteiger partial charge >= 0.3 is 0 Å². The van der Waals surface area contributed by atoms with Gasteiger partial charge < -0.3 is 38.9 Å². The van der Waals surface area contributed by atoms with Crippen LogP contribution in [0.1, 0.15) is 97.9 Å². The minimum Gasteiger partial charge on any atom is -0.459 e. The topological polar surface area (TPSA) is 162 Å². The van der Waals surface area contributed by atoms with Gasteiger partial charge in [-0.1, -0.05) is 78.7 Å². The number of oxime groups is 1. The van der Waals surface area contributed by atoms with Crippen molar-refractivity contribution >= 4 is 34.2 Å². The maximum absolute atomic E-state index is 15.6. The zero-order chi connectivity index (χ0) is 50.9. The van der Waals surface area contributed by atoms with Crippen molar-refractivity contribution < 1.29 is 43.7 Å². The van der Waals surface area contributed by atoms with Crippen LogP contribution in [0.2, 0.25) is 0 Å². The van der Waals surface area contributed by atoms with E-state index < -0.39 is 29.0 Å². The molecule has 5 aromatic carbocycles. The molecule has 2 N–H and O–H groups in total. The molecule has 1 saturated heterocycles. The monoisotopic (exact) mass is 989 g/mol. The van der Waals surface area contributed by atoms with Gasteiger partial charge in [0, 0.05) is 62.3 Å². The Morgan fingerprint density at radius 1 is 0.918 bits per heavy atom. The number of nitro groups is 1. The Bertz CT molecular complexity index is 2850. The molecule has 73 heavy (non-hydrogen) atoms. The summed E-state index contributed by atoms with van der Waals surface area (Å²) in [5.74, 6) is -0.697. The molecule has 1 saturated carbocycles. The second-order valence-corrected chi connectivity index (χ2v) is 19.8. The fraction of sp³-hybridized carbons (Fsp3) is 0.400. The molecule has 1 amide bonds. The number of carbonyl (C=O) groups is 1. The third-order valence-corrected chi connectivity index (χ3v) is 15.2. The summed E-state index contributed by atoms with van der Waals surface area (Å²) in [6.45, 7) is 9.23. The van der Waals surface area contributed by atoms with E-state index in [1.165, 1.54) is 23.8 Å². The molecule has 2 aliphatic carbocycles. The Labute approximate surface area is 427 Å². The number of hydrogen-bond acceptors (Lipinski definition) is 11. The van der Waals surface area contributed by atoms with Crippen LogP contribution in [0.3, 0.4) is 0 Å². The summed E-state index contributed by atoms with van der Waals surface area (Å²) in [4.78, 5) is 34.9. The number of carbonyl (C=O) groups excluding carboxylic acids is 1. The van der Waals surface area contributed by atoms with E-state index in [0.29, 0.717) is 54.4 Å². The van der Waals surface area contributed by atoms with Gasteiger partial charge in [-0.2, -0.15) is 0 Å². The number of hydrogen-bond donors (Lipinski definition) is 2. The molecule has 7 atom stereocenters. The average Bonchev–Trinajstić information content (AvgIpc) is 3.41. The van der Waals surface area contributed by atoms with E-state index in [9.17, 15) is 20.3 Å². The first kappa shape index (κ1) is 51.3. The highest BCUT2D eigenvalue weighted by atomic mass is 16.8. The van der Waals surface area contributed by atoms with Crippen LogP contribution in [-0.2, 0) is 25.7 Å². The number of nitro benzene ring substituents is 1. The summed E-state index contributed by atoms with van der Waals surface area (Å²) in [5, 5.41) is 38.9. The summed E-state index contributed by atoms with van der Waals surface area (Å²) in [5.41, 5.74) is 6.29. The van der Waals surface area contributed by atoms with E-state index in [4.69, 9.17) is 28.9 Å². The number of aliphatic hydroxyl groups excluding tert-OH is 2. The molecule has 2 fully saturated rings. The third-order valence-electron chi connectivity index (χ3n) is 15.2. The Balaban J connectivity index is 1.26. The van der Waals surface area contributed by atoms with Crippen molar-refractivity contribution in [1.29, 1.82) is 0 Å². The normalized spacial score (nSPS) is 23.8. The molecule has 13 nitrogen and oxygen atoms in total. The molecule has 4 aliphatic rings. The molecule has 9 rings (SSSR count). The molecular weight excluding hydrogens is 923 g/mol. The highest BCUT2D eigenvalue weighted by molar-refractivity contribution is 6.03. The predicted octanol–water partition coefficient (Wildman–Crippen LogP) is 12.1. The van der Waals surface area contributed by atoms with Crippen LogP contribution in [0.5, 0.6) is 17.2 Å². The van der Waals surface area contributed by atoms with Crippen LogP contribution in [0.4, 0.5) is 5.69 Å². The van der Waals surface area contributed by atoms with Crippen LogP contribution in [0.25, 0.3) is 16.8 Å². The number of allylic oxidation sites excluding steroid dienone is 1. The summed E-state index contributed by atoms with van der Waals surface area (Å²) in [6.07, 6.45) is 13.9. The van der Waals surface area contributed by atoms with Crippen molar-refractivity contribution in [2.45, 2.75) is 109 Å². The van der Waals surface area contributed by atoms with E-state index in [1.807, 2.05) is 53.4 Å². The van der Waals surface area contributed by atoms with Gasteiger partial charge in [-0.05, 0) is 151 Å². The second-order valence-electron chi connectivity index (χ2n) is 19.8. The van der Waals surface area contributed by atoms with Crippen molar-refractivity contribution in [3.63, 3.8) is 0 Å². The van der Waals surface area contributed by atoms with Crippen molar-refractivity contribution in [3.05, 3.63) is 171 Å². The van der Waals surface area contributed by atoms with Crippen molar-refractivity contribution in [3.8, 4) is 17.2 Å². The standard InChI is InChI=1S/C60H67N3O10/c1-4-33-70-60-55(62(39-45-17-13-16-43-14-5-6-18-49(43)45)56(66)30-24-42-22-25-46(26-23-42)63(67)68)38-53(61-73-57-20-9-12-34-69-57)51-36-44(15-7-10-31-64)50(19-8-11-32-65)58(59(51)60)52-37-48(28-29-54(52)72-60)71-47-27-21-40(2)41(3)35-47/h4-6,13-14,16-18,21-30,35-37,44,50,55,57-59,64-65H,1,7-12,15,19-20,31-34,38-39H2,2-3H3. The molecule has 13 heteroatoms. The lowest BCUT2D eigenvalue weighted by Crippen LogP contribution is -2.70. The largest absolute Gasteiger partial charge is 0.459 e. The van der Waals surface area contributed by atoms with Crippen LogP contribution >= 0.6 is 0 Å². The quantitative estimate of drug-likeness (QED) is 0.0238. The smallest absolute Gasteiger partial charge is 0.269 e. The number of nitrogens with zero attached hydrogens (tertiary/aromatic N) is 3. The van der Waals surface area contributed by atoms with Crippen LogP contribution in [0.15, 0.2) is 139 Å². The van der Waals surface area contributed by atoms with Gasteiger partial charge in [0.05, 0.1) is 29.8 Å². The van der Waals surface area contributed by atoms with Crippen molar-refractivity contribution in [1.82, 2.24) is 4.90 Å². The lowest BCUT2D eigenvalue weighted by molar-refractivity contribution is -0.384. The lowest BCUT2D eigenvalue weighted by atomic mass is 9.55. The van der Waals surface area contributed by atoms with Gasteiger partial charge in [-0.15, -0.1) is 6.58 Å². The third kappa shape index (κ3) is 11.3. The molecular formula is C60H67N3O10. The first-order chi connectivity index (χ1) is 35.6. The van der Waals surface area contributed by atoms with Gasteiger partial charge in [-0.25, -0.2) is 0 Å². The lowest BCUT2D eigenvalue weighted by Gasteiger charge is -2.60. The summed E-state index contributed by atoms with van der Waals surface area (Å²) in [7, 11) is 0. The van der Waals surface area contributed by atoms with Crippen molar-refractivity contribution in [2.24, 2.45) is 22.9 Å². The van der Waals surface area contributed by atoms with Gasteiger partial charge in [0.2, 0.25) is 18.0 Å². The molecule has 7 unspecified atom stereocenters. The number of unbranched alkanes of at least 4 members (excludes halogenated alkanes) is 2.